The third-order valence-electron chi connectivity index (χ3n) is 2.73. The number of pyridine rings is 1. The van der Waals surface area contributed by atoms with Crippen LogP contribution in [0, 0.1) is 6.92 Å². The first kappa shape index (κ1) is 14.7. The van der Waals surface area contributed by atoms with E-state index in [1.807, 2.05) is 43.3 Å². The van der Waals surface area contributed by atoms with Crippen molar-refractivity contribution in [1.82, 2.24) is 10.4 Å². The Balaban J connectivity index is 1.87. The summed E-state index contributed by atoms with van der Waals surface area (Å²) in [5, 5.41) is 3.85. The fourth-order valence-electron chi connectivity index (χ4n) is 1.65. The first-order valence-corrected chi connectivity index (χ1v) is 6.62. The Morgan fingerprint density at radius 1 is 1.33 bits per heavy atom. The van der Waals surface area contributed by atoms with Crippen LogP contribution in [-0.4, -0.2) is 23.2 Å². The maximum atomic E-state index is 11.9. The Labute approximate surface area is 123 Å². The molecule has 0 aliphatic heterocycles. The van der Waals surface area contributed by atoms with Gasteiger partial charge in [0.1, 0.15) is 5.75 Å². The Hall–Kier alpha value is -2.69. The molecule has 0 aliphatic carbocycles. The van der Waals surface area contributed by atoms with E-state index in [2.05, 4.69) is 15.5 Å². The Kier molecular flexibility index (Phi) is 5.04. The van der Waals surface area contributed by atoms with E-state index in [0.717, 1.165) is 5.56 Å². The maximum absolute atomic E-state index is 11.9. The van der Waals surface area contributed by atoms with E-state index in [1.165, 1.54) is 6.21 Å². The molecule has 0 radical (unpaired) electrons. The molecule has 1 atom stereocenters. The molecule has 5 nitrogen and oxygen atoms in total. The lowest BCUT2D eigenvalue weighted by molar-refractivity contribution is -0.127. The summed E-state index contributed by atoms with van der Waals surface area (Å²) in [6.07, 6.45) is 2.51. The van der Waals surface area contributed by atoms with Crippen LogP contribution in [0.4, 0.5) is 0 Å². The minimum absolute atomic E-state index is 0.316. The van der Waals surface area contributed by atoms with Crippen LogP contribution in [0.5, 0.6) is 5.75 Å². The number of hydrogen-bond acceptors (Lipinski definition) is 4. The molecule has 0 saturated carbocycles. The summed E-state index contributed by atoms with van der Waals surface area (Å²) in [6.45, 7) is 3.64. The molecule has 5 heteroatoms. The molecule has 0 saturated heterocycles. The highest BCUT2D eigenvalue weighted by atomic mass is 16.5. The zero-order chi connectivity index (χ0) is 15.1. The predicted octanol–water partition coefficient (Wildman–Crippen LogP) is 2.31. The van der Waals surface area contributed by atoms with Crippen LogP contribution >= 0.6 is 0 Å². The van der Waals surface area contributed by atoms with Gasteiger partial charge in [0.25, 0.3) is 5.91 Å². The van der Waals surface area contributed by atoms with Gasteiger partial charge in [0, 0.05) is 6.20 Å². The van der Waals surface area contributed by atoms with Crippen molar-refractivity contribution in [1.29, 1.82) is 0 Å². The standard InChI is InChI=1S/C16H17N3O2/c1-12-6-5-8-15(10-12)21-13(2)16(20)19-18-11-14-7-3-4-9-17-14/h3-11,13H,1-2H3,(H,19,20)/b18-11-. The topological polar surface area (TPSA) is 63.6 Å². The molecule has 1 aromatic heterocycles. The number of rotatable bonds is 5. The van der Waals surface area contributed by atoms with Crippen molar-refractivity contribution in [2.24, 2.45) is 5.10 Å². The fourth-order valence-corrected chi connectivity index (χ4v) is 1.65. The predicted molar refractivity (Wildman–Crippen MR) is 81.2 cm³/mol. The molecule has 1 unspecified atom stereocenters. The first-order valence-electron chi connectivity index (χ1n) is 6.62. The molecule has 1 heterocycles. The van der Waals surface area contributed by atoms with Crippen molar-refractivity contribution >= 4 is 12.1 Å². The summed E-state index contributed by atoms with van der Waals surface area (Å²) in [5.41, 5.74) is 4.18. The quantitative estimate of drug-likeness (QED) is 0.676. The van der Waals surface area contributed by atoms with Crippen molar-refractivity contribution in [2.75, 3.05) is 0 Å². The molecule has 21 heavy (non-hydrogen) atoms. The Bertz CT molecular complexity index is 626. The summed E-state index contributed by atoms with van der Waals surface area (Å²) < 4.78 is 5.56. The normalized spacial score (nSPS) is 12.1. The van der Waals surface area contributed by atoms with Crippen LogP contribution in [-0.2, 0) is 4.79 Å². The summed E-state index contributed by atoms with van der Waals surface area (Å²) in [5.74, 6) is 0.343. The van der Waals surface area contributed by atoms with Gasteiger partial charge in [-0.05, 0) is 43.7 Å². The number of carbonyl (C=O) groups is 1. The molecule has 0 fully saturated rings. The largest absolute Gasteiger partial charge is 0.481 e. The molecule has 0 spiro atoms. The Morgan fingerprint density at radius 3 is 2.90 bits per heavy atom. The van der Waals surface area contributed by atoms with Crippen LogP contribution in [0.15, 0.2) is 53.8 Å². The third kappa shape index (κ3) is 4.72. The number of hydrogen-bond donors (Lipinski definition) is 1. The van der Waals surface area contributed by atoms with Crippen LogP contribution in [0.2, 0.25) is 0 Å². The van der Waals surface area contributed by atoms with Crippen molar-refractivity contribution in [2.45, 2.75) is 20.0 Å². The first-order chi connectivity index (χ1) is 10.1. The SMILES string of the molecule is Cc1cccc(OC(C)C(=O)N/N=C\c2ccccn2)c1. The molecule has 0 aliphatic rings. The van der Waals surface area contributed by atoms with E-state index in [9.17, 15) is 4.79 Å². The summed E-state index contributed by atoms with van der Waals surface area (Å²) >= 11 is 0. The van der Waals surface area contributed by atoms with E-state index in [4.69, 9.17) is 4.74 Å². The highest BCUT2D eigenvalue weighted by Crippen LogP contribution is 2.14. The van der Waals surface area contributed by atoms with Crippen molar-refractivity contribution in [3.63, 3.8) is 0 Å². The van der Waals surface area contributed by atoms with Crippen LogP contribution in [0.3, 0.4) is 0 Å². The van der Waals surface area contributed by atoms with Gasteiger partial charge in [-0.2, -0.15) is 5.10 Å². The van der Waals surface area contributed by atoms with Crippen LogP contribution < -0.4 is 10.2 Å². The van der Waals surface area contributed by atoms with Gasteiger partial charge < -0.3 is 4.74 Å². The average Bonchev–Trinajstić information content (AvgIpc) is 2.48. The second-order valence-electron chi connectivity index (χ2n) is 4.57. The van der Waals surface area contributed by atoms with E-state index in [1.54, 1.807) is 19.2 Å². The minimum Gasteiger partial charge on any atom is -0.481 e. The zero-order valence-corrected chi connectivity index (χ0v) is 12.0. The fraction of sp³-hybridized carbons (Fsp3) is 0.188. The smallest absolute Gasteiger partial charge is 0.280 e. The van der Waals surface area contributed by atoms with Gasteiger partial charge in [0.2, 0.25) is 0 Å². The van der Waals surface area contributed by atoms with E-state index < -0.39 is 6.10 Å². The van der Waals surface area contributed by atoms with Crippen molar-refractivity contribution in [3.8, 4) is 5.75 Å². The van der Waals surface area contributed by atoms with Gasteiger partial charge in [0.05, 0.1) is 11.9 Å². The van der Waals surface area contributed by atoms with Crippen molar-refractivity contribution in [3.05, 3.63) is 59.9 Å². The van der Waals surface area contributed by atoms with Gasteiger partial charge >= 0.3 is 0 Å². The Morgan fingerprint density at radius 2 is 2.19 bits per heavy atom. The third-order valence-corrected chi connectivity index (χ3v) is 2.73. The van der Waals surface area contributed by atoms with Gasteiger partial charge in [-0.1, -0.05) is 18.2 Å². The van der Waals surface area contributed by atoms with Crippen molar-refractivity contribution < 1.29 is 9.53 Å². The van der Waals surface area contributed by atoms with E-state index >= 15 is 0 Å². The number of benzene rings is 1. The number of amides is 1. The zero-order valence-electron chi connectivity index (χ0n) is 12.0. The lowest BCUT2D eigenvalue weighted by Crippen LogP contribution is -2.33. The van der Waals surface area contributed by atoms with Gasteiger partial charge in [-0.3, -0.25) is 9.78 Å². The van der Waals surface area contributed by atoms with E-state index in [-0.39, 0.29) is 5.91 Å². The molecule has 0 bridgehead atoms. The molecule has 1 aromatic carbocycles. The van der Waals surface area contributed by atoms with Gasteiger partial charge in [-0.25, -0.2) is 5.43 Å². The minimum atomic E-state index is -0.632. The highest BCUT2D eigenvalue weighted by Gasteiger charge is 2.13. The summed E-state index contributed by atoms with van der Waals surface area (Å²) in [4.78, 5) is 15.9. The summed E-state index contributed by atoms with van der Waals surface area (Å²) in [6, 6.07) is 13.0. The second-order valence-corrected chi connectivity index (χ2v) is 4.57. The van der Waals surface area contributed by atoms with Gasteiger partial charge in [-0.15, -0.1) is 0 Å². The molecule has 108 valence electrons. The number of nitrogens with one attached hydrogen (secondary N) is 1. The number of hydrazone groups is 1. The number of aryl methyl sites for hydroxylation is 1. The molecule has 1 amide bonds. The number of aromatic nitrogens is 1. The van der Waals surface area contributed by atoms with E-state index in [0.29, 0.717) is 11.4 Å². The molecule has 2 rings (SSSR count). The molecule has 1 N–H and O–H groups in total. The van der Waals surface area contributed by atoms with Crippen LogP contribution in [0.25, 0.3) is 0 Å². The molecular formula is C16H17N3O2. The second kappa shape index (κ2) is 7.19. The number of ether oxygens (including phenoxy) is 1. The maximum Gasteiger partial charge on any atom is 0.280 e. The van der Waals surface area contributed by atoms with Crippen LogP contribution in [0.1, 0.15) is 18.2 Å². The molecule has 2 aromatic rings. The summed E-state index contributed by atoms with van der Waals surface area (Å²) in [7, 11) is 0. The lowest BCUT2D eigenvalue weighted by Gasteiger charge is -2.13. The molecular weight excluding hydrogens is 266 g/mol. The number of nitrogens with zero attached hydrogens (tertiary/aromatic N) is 2. The average molecular weight is 283 g/mol. The monoisotopic (exact) mass is 283 g/mol. The number of carbonyl (C=O) groups excluding carboxylic acids is 1. The lowest BCUT2D eigenvalue weighted by atomic mass is 10.2. The van der Waals surface area contributed by atoms with Gasteiger partial charge in [0.15, 0.2) is 6.10 Å². The highest BCUT2D eigenvalue weighted by molar-refractivity contribution is 5.83.